The number of aryl methyl sites for hydroxylation is 6. The minimum atomic E-state index is -0.148. The van der Waals surface area contributed by atoms with Gasteiger partial charge in [0.15, 0.2) is 0 Å². The lowest BCUT2D eigenvalue weighted by Gasteiger charge is -2.30. The van der Waals surface area contributed by atoms with E-state index in [0.29, 0.717) is 0 Å². The van der Waals surface area contributed by atoms with Crippen molar-refractivity contribution in [1.82, 2.24) is 0 Å². The van der Waals surface area contributed by atoms with Crippen molar-refractivity contribution in [3.8, 4) is 0 Å². The van der Waals surface area contributed by atoms with E-state index in [1.165, 1.54) is 39.0 Å². The molecule has 0 radical (unpaired) electrons. The van der Waals surface area contributed by atoms with Crippen molar-refractivity contribution < 1.29 is 0 Å². The van der Waals surface area contributed by atoms with Crippen LogP contribution in [0, 0.1) is 41.5 Å². The van der Waals surface area contributed by atoms with Crippen LogP contribution < -0.4 is 5.32 Å². The highest BCUT2D eigenvalue weighted by atomic mass is 14.9. The second-order valence-corrected chi connectivity index (χ2v) is 14.0. The van der Waals surface area contributed by atoms with Gasteiger partial charge >= 0.3 is 0 Å². The van der Waals surface area contributed by atoms with Gasteiger partial charge in [0.25, 0.3) is 0 Å². The molecule has 0 aliphatic heterocycles. The van der Waals surface area contributed by atoms with E-state index >= 15 is 0 Å². The van der Waals surface area contributed by atoms with Crippen LogP contribution in [-0.2, 0) is 0 Å². The summed E-state index contributed by atoms with van der Waals surface area (Å²) < 4.78 is 0. The fourth-order valence-electron chi connectivity index (χ4n) is 7.76. The molecule has 0 spiro atoms. The van der Waals surface area contributed by atoms with Crippen molar-refractivity contribution in [3.05, 3.63) is 225 Å². The second kappa shape index (κ2) is 15.1. The lowest BCUT2D eigenvalue weighted by atomic mass is 9.80. The van der Waals surface area contributed by atoms with Crippen LogP contribution in [0.2, 0.25) is 0 Å². The largest absolute Gasteiger partial charge is 0.357 e. The second-order valence-electron chi connectivity index (χ2n) is 14.0. The molecule has 0 heterocycles. The maximum absolute atomic E-state index is 5.74. The molecule has 0 unspecified atom stereocenters. The monoisotopic (exact) mass is 674 g/mol. The van der Waals surface area contributed by atoms with Crippen LogP contribution in [0.15, 0.2) is 174 Å². The van der Waals surface area contributed by atoms with E-state index in [1.807, 2.05) is 0 Å². The molecule has 0 bridgehead atoms. The Kier molecular flexibility index (Phi) is 10.00. The molecule has 0 saturated carbocycles. The van der Waals surface area contributed by atoms with E-state index in [0.717, 1.165) is 56.2 Å². The predicted octanol–water partition coefficient (Wildman–Crippen LogP) is 13.0. The van der Waals surface area contributed by atoms with Crippen LogP contribution in [-0.4, -0.2) is 5.71 Å². The van der Waals surface area contributed by atoms with E-state index < -0.39 is 0 Å². The Labute approximate surface area is 309 Å². The Morgan fingerprint density at radius 2 is 1.00 bits per heavy atom. The summed E-state index contributed by atoms with van der Waals surface area (Å²) in [6, 6.07) is 52.3. The highest BCUT2D eigenvalue weighted by molar-refractivity contribution is 6.24. The number of hydrogen-bond acceptors (Lipinski definition) is 2. The van der Waals surface area contributed by atoms with Gasteiger partial charge in [-0.2, -0.15) is 0 Å². The summed E-state index contributed by atoms with van der Waals surface area (Å²) in [5.41, 5.74) is 19.4. The summed E-state index contributed by atoms with van der Waals surface area (Å²) in [4.78, 5) is 5.74. The Morgan fingerprint density at radius 1 is 0.519 bits per heavy atom. The molecule has 6 aromatic carbocycles. The van der Waals surface area contributed by atoms with Crippen LogP contribution in [0.25, 0.3) is 11.1 Å². The first-order valence-electron chi connectivity index (χ1n) is 18.2. The first kappa shape index (κ1) is 34.5. The van der Waals surface area contributed by atoms with E-state index in [4.69, 9.17) is 4.99 Å². The molecule has 6 aromatic rings. The lowest BCUT2D eigenvalue weighted by molar-refractivity contribution is 1.01. The molecule has 1 atom stereocenters. The number of anilines is 1. The SMILES string of the molecule is Cc1cc(C)c(N=C(C2=C(Nc3c(C)cc(C)cc3C)[C@H](c3ccccc3)C(c3ccccc3)=CC=C2c2ccccc2)c2ccccc2)c(C)c1. The third kappa shape index (κ3) is 7.11. The Balaban J connectivity index is 1.67. The maximum atomic E-state index is 5.74. The summed E-state index contributed by atoms with van der Waals surface area (Å²) >= 11 is 0. The number of aliphatic imine (C=N–C) groups is 1. The summed E-state index contributed by atoms with van der Waals surface area (Å²) in [6.45, 7) is 13.1. The van der Waals surface area contributed by atoms with Gasteiger partial charge in [0.05, 0.1) is 17.3 Å². The van der Waals surface area contributed by atoms with Gasteiger partial charge in [-0.3, -0.25) is 0 Å². The van der Waals surface area contributed by atoms with Gasteiger partial charge in [0.2, 0.25) is 0 Å². The van der Waals surface area contributed by atoms with Crippen LogP contribution in [0.4, 0.5) is 11.4 Å². The van der Waals surface area contributed by atoms with Crippen LogP contribution >= 0.6 is 0 Å². The normalized spacial score (nSPS) is 14.8. The molecule has 1 aliphatic rings. The van der Waals surface area contributed by atoms with Gasteiger partial charge in [0, 0.05) is 22.5 Å². The number of benzene rings is 6. The molecule has 256 valence electrons. The number of nitrogens with one attached hydrogen (secondary N) is 1. The number of hydrogen-bond donors (Lipinski definition) is 1. The molecule has 2 heteroatoms. The average molecular weight is 675 g/mol. The molecule has 7 rings (SSSR count). The standard InChI is InChI=1S/C50H46N2/c1-33-29-35(3)47(36(4)30-33)51-49(42-25-17-10-18-26-42)46-44(40-21-13-8-14-22-40)28-27-43(39-19-11-7-12-20-39)45(41-23-15-9-16-24-41)50(46)52-48-37(5)31-34(2)32-38(48)6/h7-32,45,52H,1-6H3/t45-/m1/s1. The fourth-order valence-corrected chi connectivity index (χ4v) is 7.76. The number of nitrogens with zero attached hydrogens (tertiary/aromatic N) is 1. The fraction of sp³-hybridized carbons (Fsp3) is 0.140. The van der Waals surface area contributed by atoms with Gasteiger partial charge in [-0.15, -0.1) is 0 Å². The average Bonchev–Trinajstić information content (AvgIpc) is 3.31. The van der Waals surface area contributed by atoms with Gasteiger partial charge < -0.3 is 5.32 Å². The molecular formula is C50H46N2. The summed E-state index contributed by atoms with van der Waals surface area (Å²) in [5.74, 6) is -0.148. The topological polar surface area (TPSA) is 24.4 Å². The van der Waals surface area contributed by atoms with Crippen molar-refractivity contribution in [2.24, 2.45) is 4.99 Å². The zero-order valence-electron chi connectivity index (χ0n) is 31.0. The Bertz CT molecular complexity index is 2300. The van der Waals surface area contributed by atoms with Gasteiger partial charge in [-0.25, -0.2) is 4.99 Å². The maximum Gasteiger partial charge on any atom is 0.0805 e. The molecule has 0 saturated heterocycles. The number of allylic oxidation sites excluding steroid dienone is 5. The third-order valence-corrected chi connectivity index (χ3v) is 9.97. The Morgan fingerprint density at radius 3 is 1.56 bits per heavy atom. The first-order chi connectivity index (χ1) is 25.3. The van der Waals surface area contributed by atoms with Crippen molar-refractivity contribution in [3.63, 3.8) is 0 Å². The highest BCUT2D eigenvalue weighted by Gasteiger charge is 2.32. The summed E-state index contributed by atoms with van der Waals surface area (Å²) in [7, 11) is 0. The molecular weight excluding hydrogens is 629 g/mol. The predicted molar refractivity (Wildman–Crippen MR) is 223 cm³/mol. The van der Waals surface area contributed by atoms with Crippen molar-refractivity contribution in [2.75, 3.05) is 5.32 Å². The minimum Gasteiger partial charge on any atom is -0.357 e. The molecule has 2 nitrogen and oxygen atoms in total. The van der Waals surface area contributed by atoms with E-state index in [2.05, 4.69) is 205 Å². The molecule has 0 aromatic heterocycles. The van der Waals surface area contributed by atoms with Gasteiger partial charge in [-0.05, 0) is 91.6 Å². The van der Waals surface area contributed by atoms with Crippen LogP contribution in [0.5, 0.6) is 0 Å². The van der Waals surface area contributed by atoms with E-state index in [1.54, 1.807) is 0 Å². The van der Waals surface area contributed by atoms with Gasteiger partial charge in [-0.1, -0.05) is 169 Å². The van der Waals surface area contributed by atoms with Crippen molar-refractivity contribution in [2.45, 2.75) is 47.5 Å². The van der Waals surface area contributed by atoms with Crippen LogP contribution in [0.3, 0.4) is 0 Å². The molecule has 52 heavy (non-hydrogen) atoms. The van der Waals surface area contributed by atoms with E-state index in [-0.39, 0.29) is 5.92 Å². The van der Waals surface area contributed by atoms with Gasteiger partial charge in [0.1, 0.15) is 0 Å². The quantitative estimate of drug-likeness (QED) is 0.160. The van der Waals surface area contributed by atoms with Crippen molar-refractivity contribution in [1.29, 1.82) is 0 Å². The smallest absolute Gasteiger partial charge is 0.0805 e. The summed E-state index contributed by atoms with van der Waals surface area (Å²) in [6.07, 6.45) is 4.66. The first-order valence-corrected chi connectivity index (χ1v) is 18.2. The molecule has 0 fully saturated rings. The molecule has 1 aliphatic carbocycles. The van der Waals surface area contributed by atoms with E-state index in [9.17, 15) is 0 Å². The lowest BCUT2D eigenvalue weighted by Crippen LogP contribution is -2.20. The minimum absolute atomic E-state index is 0.148. The summed E-state index contributed by atoms with van der Waals surface area (Å²) in [5, 5.41) is 4.17. The Hall–Kier alpha value is -5.99. The highest BCUT2D eigenvalue weighted by Crippen LogP contribution is 2.46. The molecule has 1 N–H and O–H groups in total. The number of rotatable bonds is 8. The third-order valence-electron chi connectivity index (χ3n) is 9.97. The molecule has 0 amide bonds. The zero-order valence-corrected chi connectivity index (χ0v) is 31.0. The zero-order chi connectivity index (χ0) is 36.2. The van der Waals surface area contributed by atoms with Crippen LogP contribution in [0.1, 0.15) is 61.6 Å². The van der Waals surface area contributed by atoms with Crippen molar-refractivity contribution >= 4 is 28.2 Å².